The van der Waals surface area contributed by atoms with Gasteiger partial charge in [-0.3, -0.25) is 9.59 Å². The van der Waals surface area contributed by atoms with E-state index in [2.05, 4.69) is 0 Å². The van der Waals surface area contributed by atoms with Gasteiger partial charge in [-0.1, -0.05) is 0 Å². The molecular weight excluding hydrogens is 210 g/mol. The van der Waals surface area contributed by atoms with Crippen LogP contribution in [0.15, 0.2) is 0 Å². The minimum absolute atomic E-state index is 0.0444. The summed E-state index contributed by atoms with van der Waals surface area (Å²) in [6, 6.07) is 0. The van der Waals surface area contributed by atoms with E-state index in [1.807, 2.05) is 0 Å². The number of likely N-dealkylation sites (tertiary alicyclic amines) is 1. The molecule has 1 saturated heterocycles. The molecule has 1 rings (SSSR count). The van der Waals surface area contributed by atoms with E-state index in [0.717, 1.165) is 6.42 Å². The summed E-state index contributed by atoms with van der Waals surface area (Å²) in [6.07, 6.45) is 2.61. The standard InChI is InChI=1S/C11H19NO4/c1-16-7-3-5-10(13)12-6-2-4-9(8-12)11(14)15/h9H,2-8H2,1H3,(H,14,15)/t9-/m1/s1. The van der Waals surface area contributed by atoms with Gasteiger partial charge in [0.15, 0.2) is 0 Å². The maximum absolute atomic E-state index is 11.7. The van der Waals surface area contributed by atoms with E-state index >= 15 is 0 Å². The van der Waals surface area contributed by atoms with Crippen LogP contribution in [0.4, 0.5) is 0 Å². The highest BCUT2D eigenvalue weighted by atomic mass is 16.5. The van der Waals surface area contributed by atoms with Gasteiger partial charge in [0, 0.05) is 33.2 Å². The maximum Gasteiger partial charge on any atom is 0.308 e. The third kappa shape index (κ3) is 3.81. The first-order valence-corrected chi connectivity index (χ1v) is 5.64. The van der Waals surface area contributed by atoms with E-state index in [0.29, 0.717) is 39.0 Å². The van der Waals surface area contributed by atoms with Crippen molar-refractivity contribution < 1.29 is 19.4 Å². The smallest absolute Gasteiger partial charge is 0.308 e. The highest BCUT2D eigenvalue weighted by Gasteiger charge is 2.27. The molecule has 5 heteroatoms. The van der Waals surface area contributed by atoms with Crippen LogP contribution < -0.4 is 0 Å². The van der Waals surface area contributed by atoms with E-state index in [1.165, 1.54) is 0 Å². The summed E-state index contributed by atoms with van der Waals surface area (Å²) in [6.45, 7) is 1.62. The van der Waals surface area contributed by atoms with Crippen LogP contribution in [0.2, 0.25) is 0 Å². The van der Waals surface area contributed by atoms with E-state index in [-0.39, 0.29) is 11.8 Å². The van der Waals surface area contributed by atoms with Crippen LogP contribution in [0.25, 0.3) is 0 Å². The Morgan fingerprint density at radius 1 is 1.50 bits per heavy atom. The molecule has 1 atom stereocenters. The first kappa shape index (κ1) is 13.0. The summed E-state index contributed by atoms with van der Waals surface area (Å²) < 4.78 is 4.87. The molecule has 1 aliphatic rings. The maximum atomic E-state index is 11.7. The third-order valence-electron chi connectivity index (χ3n) is 2.86. The number of aliphatic carboxylic acids is 1. The summed E-state index contributed by atoms with van der Waals surface area (Å²) in [7, 11) is 1.60. The highest BCUT2D eigenvalue weighted by Crippen LogP contribution is 2.17. The zero-order chi connectivity index (χ0) is 12.0. The van der Waals surface area contributed by atoms with E-state index in [4.69, 9.17) is 9.84 Å². The molecule has 0 aromatic rings. The molecular formula is C11H19NO4. The quantitative estimate of drug-likeness (QED) is 0.706. The lowest BCUT2D eigenvalue weighted by Crippen LogP contribution is -2.42. The fourth-order valence-corrected chi connectivity index (χ4v) is 1.93. The molecule has 16 heavy (non-hydrogen) atoms. The van der Waals surface area contributed by atoms with Crippen molar-refractivity contribution >= 4 is 11.9 Å². The Balaban J connectivity index is 2.35. The van der Waals surface area contributed by atoms with Crippen molar-refractivity contribution in [2.75, 3.05) is 26.8 Å². The number of methoxy groups -OCH3 is 1. The molecule has 0 spiro atoms. The SMILES string of the molecule is COCCCC(=O)N1CCC[C@@H](C(=O)O)C1. The van der Waals surface area contributed by atoms with Gasteiger partial charge in [-0.15, -0.1) is 0 Å². The number of carbonyl (C=O) groups is 2. The topological polar surface area (TPSA) is 66.8 Å². The number of hydrogen-bond donors (Lipinski definition) is 1. The summed E-state index contributed by atoms with van der Waals surface area (Å²) in [5.41, 5.74) is 0. The van der Waals surface area contributed by atoms with Crippen LogP contribution >= 0.6 is 0 Å². The second kappa shape index (κ2) is 6.48. The van der Waals surface area contributed by atoms with Gasteiger partial charge in [-0.05, 0) is 19.3 Å². The van der Waals surface area contributed by atoms with Crippen molar-refractivity contribution in [2.45, 2.75) is 25.7 Å². The number of piperidine rings is 1. The average molecular weight is 229 g/mol. The normalized spacial score (nSPS) is 20.8. The molecule has 1 fully saturated rings. The molecule has 0 saturated carbocycles. The van der Waals surface area contributed by atoms with Gasteiger partial charge in [0.2, 0.25) is 5.91 Å². The Hall–Kier alpha value is -1.10. The van der Waals surface area contributed by atoms with E-state index < -0.39 is 5.97 Å². The highest BCUT2D eigenvalue weighted by molar-refractivity contribution is 5.78. The van der Waals surface area contributed by atoms with Crippen molar-refractivity contribution in [3.63, 3.8) is 0 Å². The Kier molecular flexibility index (Phi) is 5.25. The molecule has 1 amide bonds. The van der Waals surface area contributed by atoms with Crippen LogP contribution in [0.3, 0.4) is 0 Å². The summed E-state index contributed by atoms with van der Waals surface area (Å²) in [5, 5.41) is 8.89. The minimum Gasteiger partial charge on any atom is -0.481 e. The number of carbonyl (C=O) groups excluding carboxylic acids is 1. The number of nitrogens with zero attached hydrogens (tertiary/aromatic N) is 1. The average Bonchev–Trinajstić information content (AvgIpc) is 2.29. The largest absolute Gasteiger partial charge is 0.481 e. The van der Waals surface area contributed by atoms with Crippen LogP contribution in [0.1, 0.15) is 25.7 Å². The van der Waals surface area contributed by atoms with Crippen LogP contribution in [-0.2, 0) is 14.3 Å². The van der Waals surface area contributed by atoms with Gasteiger partial charge >= 0.3 is 5.97 Å². The van der Waals surface area contributed by atoms with Gasteiger partial charge in [0.1, 0.15) is 0 Å². The Bertz CT molecular complexity index is 254. The number of amides is 1. The lowest BCUT2D eigenvalue weighted by Gasteiger charge is -2.30. The number of carboxylic acids is 1. The third-order valence-corrected chi connectivity index (χ3v) is 2.86. The van der Waals surface area contributed by atoms with Crippen molar-refractivity contribution in [2.24, 2.45) is 5.92 Å². The summed E-state index contributed by atoms with van der Waals surface area (Å²) in [4.78, 5) is 24.2. The molecule has 0 aliphatic carbocycles. The Morgan fingerprint density at radius 2 is 2.25 bits per heavy atom. The van der Waals surface area contributed by atoms with Crippen molar-refractivity contribution in [3.8, 4) is 0 Å². The first-order valence-electron chi connectivity index (χ1n) is 5.64. The number of ether oxygens (including phenoxy) is 1. The van der Waals surface area contributed by atoms with Crippen molar-refractivity contribution in [1.29, 1.82) is 0 Å². The van der Waals surface area contributed by atoms with Crippen molar-refractivity contribution in [1.82, 2.24) is 4.90 Å². The molecule has 0 unspecified atom stereocenters. The molecule has 1 N–H and O–H groups in total. The first-order chi connectivity index (χ1) is 7.65. The molecule has 92 valence electrons. The van der Waals surface area contributed by atoms with Gasteiger partial charge in [0.25, 0.3) is 0 Å². The summed E-state index contributed by atoms with van der Waals surface area (Å²) in [5.74, 6) is -1.14. The zero-order valence-electron chi connectivity index (χ0n) is 9.65. The fourth-order valence-electron chi connectivity index (χ4n) is 1.93. The second-order valence-corrected chi connectivity index (χ2v) is 4.11. The van der Waals surface area contributed by atoms with Gasteiger partial charge < -0.3 is 14.7 Å². The fraction of sp³-hybridized carbons (Fsp3) is 0.818. The molecule has 1 heterocycles. The summed E-state index contributed by atoms with van der Waals surface area (Å²) >= 11 is 0. The van der Waals surface area contributed by atoms with Crippen molar-refractivity contribution in [3.05, 3.63) is 0 Å². The lowest BCUT2D eigenvalue weighted by atomic mass is 9.98. The molecule has 1 aliphatic heterocycles. The van der Waals surface area contributed by atoms with E-state index in [9.17, 15) is 9.59 Å². The monoisotopic (exact) mass is 229 g/mol. The predicted molar refractivity (Wildman–Crippen MR) is 58.0 cm³/mol. The molecule has 0 bridgehead atoms. The van der Waals surface area contributed by atoms with Gasteiger partial charge in [-0.25, -0.2) is 0 Å². The molecule has 5 nitrogen and oxygen atoms in total. The van der Waals surface area contributed by atoms with Gasteiger partial charge in [-0.2, -0.15) is 0 Å². The number of carboxylic acid groups (broad SMARTS) is 1. The predicted octanol–water partition coefficient (Wildman–Crippen LogP) is 0.736. The zero-order valence-corrected chi connectivity index (χ0v) is 9.65. The van der Waals surface area contributed by atoms with Crippen LogP contribution in [0, 0.1) is 5.92 Å². The Labute approximate surface area is 95.4 Å². The van der Waals surface area contributed by atoms with Crippen LogP contribution in [0.5, 0.6) is 0 Å². The van der Waals surface area contributed by atoms with Gasteiger partial charge in [0.05, 0.1) is 5.92 Å². The minimum atomic E-state index is -0.797. The number of rotatable bonds is 5. The second-order valence-electron chi connectivity index (χ2n) is 4.11. The number of hydrogen-bond acceptors (Lipinski definition) is 3. The molecule has 0 radical (unpaired) electrons. The molecule has 0 aromatic heterocycles. The van der Waals surface area contributed by atoms with Crippen LogP contribution in [-0.4, -0.2) is 48.7 Å². The Morgan fingerprint density at radius 3 is 2.88 bits per heavy atom. The molecule has 0 aromatic carbocycles. The van der Waals surface area contributed by atoms with E-state index in [1.54, 1.807) is 12.0 Å². The lowest BCUT2D eigenvalue weighted by molar-refractivity contribution is -0.145.